The summed E-state index contributed by atoms with van der Waals surface area (Å²) < 4.78 is 42.0. The quantitative estimate of drug-likeness (QED) is 0.793. The Balaban J connectivity index is 0.000000318. The van der Waals surface area contributed by atoms with Crippen molar-refractivity contribution in [2.75, 3.05) is 25.1 Å². The monoisotopic (exact) mass is 428 g/mol. The number of aromatic nitrogens is 2. The molecular formula is C18H19F3N4O5. The fourth-order valence-electron chi connectivity index (χ4n) is 3.67. The van der Waals surface area contributed by atoms with E-state index >= 15 is 0 Å². The van der Waals surface area contributed by atoms with Crippen LogP contribution in [0.1, 0.15) is 23.2 Å². The van der Waals surface area contributed by atoms with Crippen LogP contribution in [-0.4, -0.2) is 70.3 Å². The first-order valence-corrected chi connectivity index (χ1v) is 8.98. The molecule has 0 aliphatic carbocycles. The molecule has 30 heavy (non-hydrogen) atoms. The summed E-state index contributed by atoms with van der Waals surface area (Å²) in [6.45, 7) is 1.64. The third kappa shape index (κ3) is 4.47. The van der Waals surface area contributed by atoms with Crippen molar-refractivity contribution in [3.63, 3.8) is 0 Å². The molecule has 0 unspecified atom stereocenters. The summed E-state index contributed by atoms with van der Waals surface area (Å²) in [6.07, 6.45) is 1.37. The van der Waals surface area contributed by atoms with Gasteiger partial charge in [0.15, 0.2) is 0 Å². The number of carbonyl (C=O) groups excluding carboxylic acids is 1. The normalized spacial score (nSPS) is 20.4. The van der Waals surface area contributed by atoms with Gasteiger partial charge in [0.05, 0.1) is 31.0 Å². The largest absolute Gasteiger partial charge is 0.490 e. The topological polar surface area (TPSA) is 109 Å². The van der Waals surface area contributed by atoms with E-state index in [0.717, 1.165) is 31.7 Å². The summed E-state index contributed by atoms with van der Waals surface area (Å²) in [5.74, 6) is -1.29. The van der Waals surface area contributed by atoms with E-state index in [2.05, 4.69) is 14.9 Å². The molecule has 0 bridgehead atoms. The van der Waals surface area contributed by atoms with Crippen molar-refractivity contribution in [1.29, 1.82) is 0 Å². The van der Waals surface area contributed by atoms with Gasteiger partial charge in [-0.05, 0) is 18.9 Å². The Hall–Kier alpha value is -3.31. The Labute approximate surface area is 169 Å². The van der Waals surface area contributed by atoms with Crippen LogP contribution in [0.3, 0.4) is 0 Å². The van der Waals surface area contributed by atoms with E-state index < -0.39 is 12.1 Å². The van der Waals surface area contributed by atoms with Crippen molar-refractivity contribution in [3.05, 3.63) is 36.5 Å². The van der Waals surface area contributed by atoms with Crippen LogP contribution in [0.4, 0.5) is 19.0 Å². The van der Waals surface area contributed by atoms with Crippen LogP contribution in [-0.2, 0) is 4.79 Å². The number of hydrogen-bond acceptors (Lipinski definition) is 7. The van der Waals surface area contributed by atoms with Gasteiger partial charge < -0.3 is 24.1 Å². The molecule has 2 aliphatic heterocycles. The number of nitrogens with zero attached hydrogens (tertiary/aromatic N) is 4. The third-order valence-electron chi connectivity index (χ3n) is 4.98. The van der Waals surface area contributed by atoms with Crippen molar-refractivity contribution >= 4 is 17.7 Å². The molecular weight excluding hydrogens is 409 g/mol. The summed E-state index contributed by atoms with van der Waals surface area (Å²) >= 11 is 0. The number of carbonyl (C=O) groups is 2. The van der Waals surface area contributed by atoms with Crippen LogP contribution in [0, 0.1) is 0 Å². The zero-order chi connectivity index (χ0) is 21.9. The van der Waals surface area contributed by atoms with Crippen molar-refractivity contribution in [1.82, 2.24) is 14.9 Å². The third-order valence-corrected chi connectivity index (χ3v) is 4.98. The predicted molar refractivity (Wildman–Crippen MR) is 96.2 cm³/mol. The van der Waals surface area contributed by atoms with Gasteiger partial charge >= 0.3 is 12.1 Å². The number of carboxylic acid groups (broad SMARTS) is 1. The molecule has 4 rings (SSSR count). The van der Waals surface area contributed by atoms with Crippen LogP contribution in [0.2, 0.25) is 0 Å². The average molecular weight is 428 g/mol. The highest BCUT2D eigenvalue weighted by molar-refractivity contribution is 5.94. The minimum absolute atomic E-state index is 0.0494. The van der Waals surface area contributed by atoms with Crippen LogP contribution < -0.4 is 9.64 Å². The number of halogens is 3. The summed E-state index contributed by atoms with van der Waals surface area (Å²) in [5, 5.41) is 7.12. The average Bonchev–Trinajstić information content (AvgIpc) is 3.44. The fourth-order valence-corrected chi connectivity index (χ4v) is 3.67. The van der Waals surface area contributed by atoms with E-state index in [1.807, 2.05) is 11.0 Å². The molecule has 0 saturated carbocycles. The fraction of sp³-hybridized carbons (Fsp3) is 0.444. The minimum Gasteiger partial charge on any atom is -0.481 e. The number of hydrogen-bond donors (Lipinski definition) is 1. The van der Waals surface area contributed by atoms with E-state index in [1.165, 1.54) is 18.9 Å². The number of aliphatic carboxylic acids is 1. The maximum absolute atomic E-state index is 12.6. The van der Waals surface area contributed by atoms with Gasteiger partial charge in [-0.15, -0.1) is 0 Å². The van der Waals surface area contributed by atoms with Crippen molar-refractivity contribution in [2.45, 2.75) is 31.1 Å². The Kier molecular flexibility index (Phi) is 6.13. The minimum atomic E-state index is -5.08. The van der Waals surface area contributed by atoms with Crippen LogP contribution in [0.15, 0.2) is 35.4 Å². The van der Waals surface area contributed by atoms with Crippen LogP contribution >= 0.6 is 0 Å². The van der Waals surface area contributed by atoms with E-state index in [9.17, 15) is 18.0 Å². The molecule has 162 valence electrons. The summed E-state index contributed by atoms with van der Waals surface area (Å²) in [5.41, 5.74) is 0.618. The molecule has 1 amide bonds. The van der Waals surface area contributed by atoms with Crippen LogP contribution in [0.25, 0.3) is 0 Å². The smallest absolute Gasteiger partial charge is 0.481 e. The summed E-state index contributed by atoms with van der Waals surface area (Å²) in [6, 6.07) is 4.09. The Morgan fingerprint density at radius 3 is 2.53 bits per heavy atom. The molecule has 1 N–H and O–H groups in total. The van der Waals surface area contributed by atoms with Gasteiger partial charge in [-0.3, -0.25) is 4.79 Å². The standard InChI is InChI=1S/C16H18N4O3.C2HF3O2/c1-22-15-8-14(17-10-18-15)19-5-2-13-12(19)3-6-20(13)16(21)11-4-7-23-9-11;3-2(4,5)1(6)7/h4,7-10,12-13H,2-3,5-6H2,1H3;(H,6,7)/t12-,13+;/m0./s1. The number of anilines is 1. The number of furan rings is 1. The summed E-state index contributed by atoms with van der Waals surface area (Å²) in [4.78, 5) is 34.1. The Morgan fingerprint density at radius 1 is 1.23 bits per heavy atom. The number of ether oxygens (including phenoxy) is 1. The number of carboxylic acids is 1. The molecule has 0 radical (unpaired) electrons. The molecule has 2 aliphatic rings. The first-order chi connectivity index (χ1) is 14.2. The van der Waals surface area contributed by atoms with Gasteiger partial charge in [0.25, 0.3) is 5.91 Å². The van der Waals surface area contributed by atoms with Crippen LogP contribution in [0.5, 0.6) is 5.88 Å². The van der Waals surface area contributed by atoms with Gasteiger partial charge in [-0.1, -0.05) is 0 Å². The molecule has 2 atom stereocenters. The molecule has 4 heterocycles. The van der Waals surface area contributed by atoms with Gasteiger partial charge in [-0.25, -0.2) is 14.8 Å². The lowest BCUT2D eigenvalue weighted by Gasteiger charge is -2.26. The molecule has 2 aromatic rings. The highest BCUT2D eigenvalue weighted by Crippen LogP contribution is 2.35. The first-order valence-electron chi connectivity index (χ1n) is 8.98. The van der Waals surface area contributed by atoms with E-state index in [1.54, 1.807) is 13.2 Å². The number of amides is 1. The Bertz CT molecular complexity index is 890. The molecule has 2 fully saturated rings. The Morgan fingerprint density at radius 2 is 1.93 bits per heavy atom. The second-order valence-corrected chi connectivity index (χ2v) is 6.64. The van der Waals surface area contributed by atoms with E-state index in [4.69, 9.17) is 19.1 Å². The second kappa shape index (κ2) is 8.59. The maximum Gasteiger partial charge on any atom is 0.490 e. The number of rotatable bonds is 3. The molecule has 9 nitrogen and oxygen atoms in total. The second-order valence-electron chi connectivity index (χ2n) is 6.64. The number of alkyl halides is 3. The zero-order valence-electron chi connectivity index (χ0n) is 15.9. The molecule has 0 spiro atoms. The van der Waals surface area contributed by atoms with Crippen molar-refractivity contribution in [3.8, 4) is 5.88 Å². The van der Waals surface area contributed by atoms with Gasteiger partial charge in [0, 0.05) is 19.2 Å². The lowest BCUT2D eigenvalue weighted by atomic mass is 10.1. The number of methoxy groups -OCH3 is 1. The molecule has 2 aromatic heterocycles. The van der Waals surface area contributed by atoms with E-state index in [0.29, 0.717) is 17.5 Å². The zero-order valence-corrected chi connectivity index (χ0v) is 15.9. The highest BCUT2D eigenvalue weighted by atomic mass is 19.4. The summed E-state index contributed by atoms with van der Waals surface area (Å²) in [7, 11) is 1.60. The van der Waals surface area contributed by atoms with Gasteiger partial charge in [0.2, 0.25) is 5.88 Å². The lowest BCUT2D eigenvalue weighted by Crippen LogP contribution is -2.39. The van der Waals surface area contributed by atoms with Gasteiger partial charge in [-0.2, -0.15) is 13.2 Å². The molecule has 2 saturated heterocycles. The highest BCUT2D eigenvalue weighted by Gasteiger charge is 2.45. The maximum atomic E-state index is 12.6. The number of likely N-dealkylation sites (tertiary alicyclic amines) is 1. The van der Waals surface area contributed by atoms with Crippen molar-refractivity contribution in [2.24, 2.45) is 0 Å². The van der Waals surface area contributed by atoms with Crippen molar-refractivity contribution < 1.29 is 37.0 Å². The lowest BCUT2D eigenvalue weighted by molar-refractivity contribution is -0.192. The van der Waals surface area contributed by atoms with E-state index in [-0.39, 0.29) is 11.9 Å². The SMILES string of the molecule is COc1cc(N2CC[C@@H]3[C@@H]2CCN3C(=O)c2ccoc2)ncn1.O=C(O)C(F)(F)F. The first kappa shape index (κ1) is 21.4. The molecule has 12 heteroatoms. The van der Waals surface area contributed by atoms with Gasteiger partial charge in [0.1, 0.15) is 18.4 Å². The molecule has 0 aromatic carbocycles. The number of fused-ring (bicyclic) bond motifs is 1. The predicted octanol–water partition coefficient (Wildman–Crippen LogP) is 2.20.